The molecular weight excluding hydrogens is 314 g/mol. The molecule has 0 bridgehead atoms. The van der Waals surface area contributed by atoms with E-state index in [1.165, 1.54) is 0 Å². The van der Waals surface area contributed by atoms with Gasteiger partial charge in [-0.05, 0) is 43.8 Å². The van der Waals surface area contributed by atoms with Crippen LogP contribution in [0.25, 0.3) is 0 Å². The Kier molecular flexibility index (Phi) is 7.65. The minimum absolute atomic E-state index is 0.0385. The van der Waals surface area contributed by atoms with Gasteiger partial charge in [0.15, 0.2) is 6.61 Å². The molecule has 5 nitrogen and oxygen atoms in total. The molecule has 0 saturated carbocycles. The fourth-order valence-corrected chi connectivity index (χ4v) is 2.72. The summed E-state index contributed by atoms with van der Waals surface area (Å²) in [6.07, 6.45) is 0.971. The van der Waals surface area contributed by atoms with E-state index >= 15 is 0 Å². The van der Waals surface area contributed by atoms with E-state index in [1.54, 1.807) is 24.3 Å². The van der Waals surface area contributed by atoms with Crippen LogP contribution in [0.15, 0.2) is 24.3 Å². The largest absolute Gasteiger partial charge is 0.484 e. The zero-order valence-corrected chi connectivity index (χ0v) is 14.5. The van der Waals surface area contributed by atoms with Crippen LogP contribution >= 0.6 is 11.6 Å². The number of nitrogens with one attached hydrogen (secondary N) is 1. The van der Waals surface area contributed by atoms with Gasteiger partial charge in [0.05, 0.1) is 0 Å². The van der Waals surface area contributed by atoms with Gasteiger partial charge < -0.3 is 19.9 Å². The number of piperazine rings is 1. The van der Waals surface area contributed by atoms with Crippen molar-refractivity contribution in [2.75, 3.05) is 52.4 Å². The Labute approximate surface area is 143 Å². The van der Waals surface area contributed by atoms with Crippen molar-refractivity contribution < 1.29 is 9.53 Å². The summed E-state index contributed by atoms with van der Waals surface area (Å²) < 4.78 is 5.41. The Balaban J connectivity index is 1.52. The third-order valence-electron chi connectivity index (χ3n) is 4.07. The number of hydrogen-bond donors (Lipinski definition) is 1. The van der Waals surface area contributed by atoms with Crippen LogP contribution in [-0.4, -0.2) is 68.1 Å². The minimum atomic E-state index is -0.0873. The van der Waals surface area contributed by atoms with Crippen LogP contribution in [-0.2, 0) is 4.79 Å². The molecule has 128 valence electrons. The summed E-state index contributed by atoms with van der Waals surface area (Å²) in [5.41, 5.74) is 0. The standard InChI is InChI=1S/C17H26ClN3O2/c1-2-20-10-12-21(13-11-20)9-3-8-19-17(22)14-23-16-6-4-15(18)5-7-16/h4-7H,2-3,8-14H2,1H3,(H,19,22). The zero-order valence-electron chi connectivity index (χ0n) is 13.8. The highest BCUT2D eigenvalue weighted by Crippen LogP contribution is 2.15. The summed E-state index contributed by atoms with van der Waals surface area (Å²) in [5.74, 6) is 0.564. The van der Waals surface area contributed by atoms with E-state index in [4.69, 9.17) is 16.3 Å². The van der Waals surface area contributed by atoms with E-state index in [-0.39, 0.29) is 12.5 Å². The first-order valence-electron chi connectivity index (χ1n) is 8.27. The number of carbonyl (C=O) groups excluding carboxylic acids is 1. The van der Waals surface area contributed by atoms with Gasteiger partial charge in [-0.2, -0.15) is 0 Å². The number of carbonyl (C=O) groups is 1. The molecule has 2 rings (SSSR count). The van der Waals surface area contributed by atoms with Gasteiger partial charge in [0, 0.05) is 37.7 Å². The summed E-state index contributed by atoms with van der Waals surface area (Å²) in [6.45, 7) is 9.66. The normalized spacial score (nSPS) is 16.3. The molecule has 0 radical (unpaired) electrons. The maximum atomic E-state index is 11.7. The predicted octanol–water partition coefficient (Wildman–Crippen LogP) is 1.86. The SMILES string of the molecule is CCN1CCN(CCCNC(=O)COc2ccc(Cl)cc2)CC1. The molecule has 6 heteroatoms. The van der Waals surface area contributed by atoms with Crippen LogP contribution < -0.4 is 10.1 Å². The molecule has 0 aliphatic carbocycles. The van der Waals surface area contributed by atoms with E-state index in [9.17, 15) is 4.79 Å². The maximum Gasteiger partial charge on any atom is 0.257 e. The third-order valence-corrected chi connectivity index (χ3v) is 4.32. The van der Waals surface area contributed by atoms with Crippen molar-refractivity contribution in [3.05, 3.63) is 29.3 Å². The molecule has 1 N–H and O–H groups in total. The molecule has 0 aromatic heterocycles. The fourth-order valence-electron chi connectivity index (χ4n) is 2.59. The summed E-state index contributed by atoms with van der Waals surface area (Å²) in [5, 5.41) is 3.55. The fraction of sp³-hybridized carbons (Fsp3) is 0.588. The van der Waals surface area contributed by atoms with Crippen molar-refractivity contribution in [3.63, 3.8) is 0 Å². The Morgan fingerprint density at radius 3 is 2.48 bits per heavy atom. The molecule has 0 spiro atoms. The number of amides is 1. The molecule has 23 heavy (non-hydrogen) atoms. The van der Waals surface area contributed by atoms with Gasteiger partial charge in [0.25, 0.3) is 5.91 Å². The second-order valence-corrected chi connectivity index (χ2v) is 6.16. The summed E-state index contributed by atoms with van der Waals surface area (Å²) in [7, 11) is 0. The molecule has 1 saturated heterocycles. The zero-order chi connectivity index (χ0) is 16.5. The molecule has 1 aliphatic heterocycles. The van der Waals surface area contributed by atoms with Crippen LogP contribution in [0.1, 0.15) is 13.3 Å². The number of ether oxygens (including phenoxy) is 1. The van der Waals surface area contributed by atoms with Crippen LogP contribution in [0.2, 0.25) is 5.02 Å². The second-order valence-electron chi connectivity index (χ2n) is 5.72. The number of nitrogens with zero attached hydrogens (tertiary/aromatic N) is 2. The van der Waals surface area contributed by atoms with Crippen molar-refractivity contribution in [3.8, 4) is 5.75 Å². The number of hydrogen-bond acceptors (Lipinski definition) is 4. The Bertz CT molecular complexity index is 473. The lowest BCUT2D eigenvalue weighted by molar-refractivity contribution is -0.123. The van der Waals surface area contributed by atoms with Gasteiger partial charge in [0.1, 0.15) is 5.75 Å². The average Bonchev–Trinajstić information content (AvgIpc) is 2.59. The third kappa shape index (κ3) is 6.77. The van der Waals surface area contributed by atoms with Crippen LogP contribution in [0.3, 0.4) is 0 Å². The molecule has 1 aromatic carbocycles. The van der Waals surface area contributed by atoms with Crippen molar-refractivity contribution >= 4 is 17.5 Å². The molecule has 0 unspecified atom stereocenters. The molecule has 1 amide bonds. The summed E-state index contributed by atoms with van der Waals surface area (Å²) in [4.78, 5) is 16.7. The monoisotopic (exact) mass is 339 g/mol. The highest BCUT2D eigenvalue weighted by molar-refractivity contribution is 6.30. The van der Waals surface area contributed by atoms with E-state index < -0.39 is 0 Å². The minimum Gasteiger partial charge on any atom is -0.484 e. The highest BCUT2D eigenvalue weighted by atomic mass is 35.5. The van der Waals surface area contributed by atoms with Crippen LogP contribution in [0.5, 0.6) is 5.75 Å². The molecule has 1 fully saturated rings. The van der Waals surface area contributed by atoms with E-state index in [1.807, 2.05) is 0 Å². The molecule has 1 aromatic rings. The quantitative estimate of drug-likeness (QED) is 0.734. The Hall–Kier alpha value is -1.30. The van der Waals surface area contributed by atoms with Crippen molar-refractivity contribution in [1.29, 1.82) is 0 Å². The maximum absolute atomic E-state index is 11.7. The van der Waals surface area contributed by atoms with Gasteiger partial charge in [-0.25, -0.2) is 0 Å². The predicted molar refractivity (Wildman–Crippen MR) is 93.1 cm³/mol. The molecule has 1 heterocycles. The first-order chi connectivity index (χ1) is 11.2. The average molecular weight is 340 g/mol. The van der Waals surface area contributed by atoms with E-state index in [2.05, 4.69) is 22.0 Å². The van der Waals surface area contributed by atoms with Crippen molar-refractivity contribution in [2.24, 2.45) is 0 Å². The Morgan fingerprint density at radius 2 is 1.83 bits per heavy atom. The van der Waals surface area contributed by atoms with Crippen molar-refractivity contribution in [1.82, 2.24) is 15.1 Å². The topological polar surface area (TPSA) is 44.8 Å². The number of halogens is 1. The highest BCUT2D eigenvalue weighted by Gasteiger charge is 2.14. The van der Waals surface area contributed by atoms with Crippen LogP contribution in [0.4, 0.5) is 0 Å². The first kappa shape index (κ1) is 18.0. The first-order valence-corrected chi connectivity index (χ1v) is 8.65. The lowest BCUT2D eigenvalue weighted by Crippen LogP contribution is -2.46. The number of benzene rings is 1. The lowest BCUT2D eigenvalue weighted by atomic mass is 10.3. The molecule has 1 aliphatic rings. The van der Waals surface area contributed by atoms with Crippen molar-refractivity contribution in [2.45, 2.75) is 13.3 Å². The number of rotatable bonds is 8. The van der Waals surface area contributed by atoms with Gasteiger partial charge in [-0.15, -0.1) is 0 Å². The van der Waals surface area contributed by atoms with Gasteiger partial charge in [0.2, 0.25) is 0 Å². The summed E-state index contributed by atoms with van der Waals surface area (Å²) >= 11 is 5.80. The van der Waals surface area contributed by atoms with Crippen LogP contribution in [0, 0.1) is 0 Å². The smallest absolute Gasteiger partial charge is 0.257 e. The summed E-state index contributed by atoms with van der Waals surface area (Å²) in [6, 6.07) is 7.00. The second kappa shape index (κ2) is 9.75. The molecule has 0 atom stereocenters. The van der Waals surface area contributed by atoms with Gasteiger partial charge in [-0.1, -0.05) is 18.5 Å². The molecular formula is C17H26ClN3O2. The Morgan fingerprint density at radius 1 is 1.17 bits per heavy atom. The van der Waals surface area contributed by atoms with E-state index in [0.717, 1.165) is 45.7 Å². The van der Waals surface area contributed by atoms with E-state index in [0.29, 0.717) is 17.3 Å². The number of likely N-dealkylation sites (N-methyl/N-ethyl adjacent to an activating group) is 1. The van der Waals surface area contributed by atoms with Gasteiger partial charge in [-0.3, -0.25) is 4.79 Å². The van der Waals surface area contributed by atoms with Gasteiger partial charge >= 0.3 is 0 Å². The lowest BCUT2D eigenvalue weighted by Gasteiger charge is -2.33.